The number of fused-ring (bicyclic) bond motifs is 1. The molecule has 8 heteroatoms. The molecule has 3 rings (SSSR count). The molecule has 0 aliphatic carbocycles. The molecule has 2 aromatic rings. The molecule has 0 amide bonds. The number of hydrogen-bond acceptors (Lipinski definition) is 5. The van der Waals surface area contributed by atoms with Crippen LogP contribution < -0.4 is 4.74 Å². The number of aromatic nitrogens is 3. The lowest BCUT2D eigenvalue weighted by Gasteiger charge is -2.07. The number of pyridine rings is 1. The van der Waals surface area contributed by atoms with Gasteiger partial charge in [0.2, 0.25) is 17.8 Å². The van der Waals surface area contributed by atoms with Crippen LogP contribution in [0.5, 0.6) is 5.88 Å². The number of hydrogen-bond donors (Lipinski definition) is 0. The van der Waals surface area contributed by atoms with E-state index in [1.807, 2.05) is 0 Å². The zero-order valence-corrected chi connectivity index (χ0v) is 12.5. The summed E-state index contributed by atoms with van der Waals surface area (Å²) in [5.74, 6) is -2.39. The maximum Gasteiger partial charge on any atom is 0.345 e. The topological polar surface area (TPSA) is 66.2 Å². The highest BCUT2D eigenvalue weighted by Crippen LogP contribution is 2.33. The maximum atomic E-state index is 14.0. The number of ether oxygens (including phenoxy) is 2. The van der Waals surface area contributed by atoms with Gasteiger partial charge in [-0.15, -0.1) is 0 Å². The van der Waals surface area contributed by atoms with Crippen molar-refractivity contribution in [2.24, 2.45) is 0 Å². The number of aryl methyl sites for hydroxylation is 1. The van der Waals surface area contributed by atoms with Crippen molar-refractivity contribution in [3.05, 3.63) is 29.6 Å². The van der Waals surface area contributed by atoms with Gasteiger partial charge in [-0.3, -0.25) is 0 Å². The van der Waals surface area contributed by atoms with Gasteiger partial charge in [0.15, 0.2) is 0 Å². The molecule has 122 valence electrons. The number of esters is 1. The van der Waals surface area contributed by atoms with Gasteiger partial charge in [0, 0.05) is 6.54 Å². The number of carbonyl (C=O) groups is 1. The van der Waals surface area contributed by atoms with E-state index in [1.54, 1.807) is 6.92 Å². The van der Waals surface area contributed by atoms with E-state index in [9.17, 15) is 13.6 Å². The Kier molecular flexibility index (Phi) is 4.22. The Balaban J connectivity index is 2.17. The molecule has 0 unspecified atom stereocenters. The van der Waals surface area contributed by atoms with Crippen molar-refractivity contribution < 1.29 is 23.0 Å². The van der Waals surface area contributed by atoms with Gasteiger partial charge < -0.3 is 9.47 Å². The lowest BCUT2D eigenvalue weighted by molar-refractivity contribution is 0.0522. The van der Waals surface area contributed by atoms with E-state index in [0.29, 0.717) is 13.2 Å². The van der Waals surface area contributed by atoms with Crippen LogP contribution in [-0.4, -0.2) is 33.9 Å². The predicted octanol–water partition coefficient (Wildman–Crippen LogP) is 2.57. The normalized spacial score (nSPS) is 13.9. The number of carbonyl (C=O) groups excluding carboxylic acids is 1. The molecule has 0 atom stereocenters. The van der Waals surface area contributed by atoms with Gasteiger partial charge in [0.25, 0.3) is 0 Å². The molecular weight excluding hydrogens is 308 g/mol. The quantitative estimate of drug-likeness (QED) is 0.641. The Morgan fingerprint density at radius 1 is 1.39 bits per heavy atom. The van der Waals surface area contributed by atoms with Crippen molar-refractivity contribution in [3.63, 3.8) is 0 Å². The minimum absolute atomic E-state index is 0.0426. The first-order valence-corrected chi connectivity index (χ1v) is 7.35. The molecule has 3 heterocycles. The highest BCUT2D eigenvalue weighted by atomic mass is 19.1. The monoisotopic (exact) mass is 323 g/mol. The molecule has 23 heavy (non-hydrogen) atoms. The summed E-state index contributed by atoms with van der Waals surface area (Å²) in [6, 6.07) is 2.21. The third kappa shape index (κ3) is 2.88. The zero-order valence-electron chi connectivity index (χ0n) is 12.5. The summed E-state index contributed by atoms with van der Waals surface area (Å²) in [5.41, 5.74) is 0.0186. The van der Waals surface area contributed by atoms with Gasteiger partial charge in [-0.1, -0.05) is 0 Å². The first-order chi connectivity index (χ1) is 11.1. The Bertz CT molecular complexity index is 746. The fourth-order valence-electron chi connectivity index (χ4n) is 2.44. The largest absolute Gasteiger partial charge is 0.477 e. The summed E-state index contributed by atoms with van der Waals surface area (Å²) in [4.78, 5) is 15.4. The van der Waals surface area contributed by atoms with E-state index in [-0.39, 0.29) is 29.3 Å². The molecule has 6 nitrogen and oxygen atoms in total. The molecule has 0 N–H and O–H groups in total. The Morgan fingerprint density at radius 2 is 2.22 bits per heavy atom. The third-order valence-corrected chi connectivity index (χ3v) is 3.46. The summed E-state index contributed by atoms with van der Waals surface area (Å²) < 4.78 is 39.2. The van der Waals surface area contributed by atoms with Crippen molar-refractivity contribution in [2.75, 3.05) is 13.2 Å². The number of halogens is 2. The maximum absolute atomic E-state index is 14.0. The van der Waals surface area contributed by atoms with Crippen LogP contribution >= 0.6 is 0 Å². The second-order valence-corrected chi connectivity index (χ2v) is 5.00. The fourth-order valence-corrected chi connectivity index (χ4v) is 2.44. The van der Waals surface area contributed by atoms with Crippen LogP contribution in [0.1, 0.15) is 30.1 Å². The zero-order chi connectivity index (χ0) is 16.4. The molecule has 2 aromatic heterocycles. The second kappa shape index (κ2) is 6.31. The molecule has 0 aromatic carbocycles. The van der Waals surface area contributed by atoms with E-state index in [1.165, 1.54) is 10.7 Å². The second-order valence-electron chi connectivity index (χ2n) is 5.00. The Labute approximate surface area is 131 Å². The van der Waals surface area contributed by atoms with Gasteiger partial charge in [-0.2, -0.15) is 18.9 Å². The first kappa shape index (κ1) is 15.4. The third-order valence-electron chi connectivity index (χ3n) is 3.46. The summed E-state index contributed by atoms with van der Waals surface area (Å²) in [6.45, 7) is 2.80. The van der Waals surface area contributed by atoms with Crippen LogP contribution in [0.4, 0.5) is 8.78 Å². The van der Waals surface area contributed by atoms with Gasteiger partial charge >= 0.3 is 5.97 Å². The Morgan fingerprint density at radius 3 is 2.96 bits per heavy atom. The molecule has 1 aliphatic heterocycles. The molecule has 1 aliphatic rings. The van der Waals surface area contributed by atoms with Crippen molar-refractivity contribution in [3.8, 4) is 17.1 Å². The molecule has 0 saturated heterocycles. The van der Waals surface area contributed by atoms with E-state index < -0.39 is 17.9 Å². The van der Waals surface area contributed by atoms with Gasteiger partial charge in [0.05, 0.1) is 18.8 Å². The van der Waals surface area contributed by atoms with Crippen LogP contribution in [0.2, 0.25) is 0 Å². The average molecular weight is 323 g/mol. The molecule has 0 bridgehead atoms. The Hall–Kier alpha value is -2.51. The summed E-state index contributed by atoms with van der Waals surface area (Å²) >= 11 is 0. The minimum atomic E-state index is -1.04. The fraction of sp³-hybridized carbons (Fsp3) is 0.400. The molecule has 0 fully saturated rings. The highest BCUT2D eigenvalue weighted by molar-refractivity contribution is 5.98. The van der Waals surface area contributed by atoms with Gasteiger partial charge in [-0.05, 0) is 31.9 Å². The van der Waals surface area contributed by atoms with Crippen LogP contribution in [0.3, 0.4) is 0 Å². The standard InChI is InChI=1S/C15H15F2N3O3/c1-2-22-15(21)11-12(9-5-6-10(16)18-13(9)17)19-20-7-3-4-8-23-14(11)20/h5-6H,2-4,7-8H2,1H3. The van der Waals surface area contributed by atoms with Crippen molar-refractivity contribution in [2.45, 2.75) is 26.3 Å². The van der Waals surface area contributed by atoms with Crippen LogP contribution in [0.15, 0.2) is 12.1 Å². The minimum Gasteiger partial charge on any atom is -0.477 e. The van der Waals surface area contributed by atoms with Crippen LogP contribution in [0, 0.1) is 11.9 Å². The molecule has 0 spiro atoms. The number of nitrogens with zero attached hydrogens (tertiary/aromatic N) is 3. The number of rotatable bonds is 3. The summed E-state index contributed by atoms with van der Waals surface area (Å²) in [6.07, 6.45) is 1.65. The van der Waals surface area contributed by atoms with Gasteiger partial charge in [-0.25, -0.2) is 9.48 Å². The lowest BCUT2D eigenvalue weighted by Crippen LogP contribution is -2.09. The van der Waals surface area contributed by atoms with Crippen LogP contribution in [-0.2, 0) is 11.3 Å². The van der Waals surface area contributed by atoms with E-state index in [0.717, 1.165) is 18.9 Å². The smallest absolute Gasteiger partial charge is 0.345 e. The first-order valence-electron chi connectivity index (χ1n) is 7.35. The molecule has 0 radical (unpaired) electrons. The molecular formula is C15H15F2N3O3. The van der Waals surface area contributed by atoms with E-state index >= 15 is 0 Å². The van der Waals surface area contributed by atoms with Gasteiger partial charge in [0.1, 0.15) is 11.3 Å². The van der Waals surface area contributed by atoms with E-state index in [2.05, 4.69) is 10.1 Å². The van der Waals surface area contributed by atoms with Crippen molar-refractivity contribution in [1.82, 2.24) is 14.8 Å². The van der Waals surface area contributed by atoms with E-state index in [4.69, 9.17) is 9.47 Å². The lowest BCUT2D eigenvalue weighted by atomic mass is 10.1. The van der Waals surface area contributed by atoms with Crippen LogP contribution in [0.25, 0.3) is 11.3 Å². The average Bonchev–Trinajstić information content (AvgIpc) is 2.70. The summed E-state index contributed by atoms with van der Waals surface area (Å²) in [5, 5.41) is 4.26. The summed E-state index contributed by atoms with van der Waals surface area (Å²) in [7, 11) is 0. The molecule has 0 saturated carbocycles. The van der Waals surface area contributed by atoms with Crippen molar-refractivity contribution in [1.29, 1.82) is 0 Å². The highest BCUT2D eigenvalue weighted by Gasteiger charge is 2.30. The SMILES string of the molecule is CCOC(=O)c1c(-c2ccc(F)nc2F)nn2c1OCCCC2. The van der Waals surface area contributed by atoms with Crippen molar-refractivity contribution >= 4 is 5.97 Å². The predicted molar refractivity (Wildman–Crippen MR) is 76.1 cm³/mol.